The highest BCUT2D eigenvalue weighted by Gasteiger charge is 2.35. The molecule has 0 fully saturated rings. The molecule has 1 amide bonds. The van der Waals surface area contributed by atoms with Gasteiger partial charge in [0.2, 0.25) is 0 Å². The Morgan fingerprint density at radius 1 is 1.18 bits per heavy atom. The molecule has 10 heteroatoms. The lowest BCUT2D eigenvalue weighted by Gasteiger charge is -2.34. The number of hydrogen-bond acceptors (Lipinski definition) is 8. The number of amidine groups is 1. The minimum atomic E-state index is -0.804. The van der Waals surface area contributed by atoms with Crippen molar-refractivity contribution in [1.82, 2.24) is 0 Å². The number of anilines is 2. The number of allylic oxidation sites excluding steroid dienone is 1. The first-order chi connectivity index (χ1) is 16.3. The zero-order valence-corrected chi connectivity index (χ0v) is 20.6. The van der Waals surface area contributed by atoms with Crippen molar-refractivity contribution >= 4 is 52.0 Å². The predicted octanol–water partition coefficient (Wildman–Crippen LogP) is 4.90. The Labute approximate surface area is 207 Å². The predicted molar refractivity (Wildman–Crippen MR) is 137 cm³/mol. The normalized spacial score (nSPS) is 15.7. The van der Waals surface area contributed by atoms with Crippen molar-refractivity contribution in [3.8, 4) is 0 Å². The van der Waals surface area contributed by atoms with Gasteiger partial charge in [0.05, 0.1) is 18.8 Å². The van der Waals surface area contributed by atoms with Crippen molar-refractivity contribution in [1.29, 1.82) is 0 Å². The Balaban J connectivity index is 2.04. The topological polar surface area (TPSA) is 120 Å². The van der Waals surface area contributed by atoms with Gasteiger partial charge in [0.15, 0.2) is 5.17 Å². The molecule has 2 aromatic carbocycles. The number of nitrogens with two attached hydrogens (primary N) is 2. The maximum Gasteiger partial charge on any atom is 0.404 e. The van der Waals surface area contributed by atoms with Crippen LogP contribution < -0.4 is 16.4 Å². The van der Waals surface area contributed by atoms with Gasteiger partial charge in [0.25, 0.3) is 0 Å². The molecule has 0 saturated carbocycles. The van der Waals surface area contributed by atoms with E-state index in [0.29, 0.717) is 39.3 Å². The number of thioether (sulfide) groups is 1. The number of nitrogen functional groups attached to an aromatic ring is 1. The maximum absolute atomic E-state index is 13.1. The number of carbonyl (C=O) groups excluding carboxylic acids is 2. The fraction of sp³-hybridized carbons (Fsp3) is 0.292. The minimum Gasteiger partial charge on any atom is -0.463 e. The van der Waals surface area contributed by atoms with E-state index >= 15 is 0 Å². The Hall–Kier alpha value is -3.17. The summed E-state index contributed by atoms with van der Waals surface area (Å²) in [6, 6.07) is 14.0. The molecular formula is C24H27ClN4O4S. The van der Waals surface area contributed by atoms with Gasteiger partial charge in [-0.1, -0.05) is 41.6 Å². The number of hydrogen-bond donors (Lipinski definition) is 2. The van der Waals surface area contributed by atoms with Crippen LogP contribution in [-0.2, 0) is 14.3 Å². The highest BCUT2D eigenvalue weighted by molar-refractivity contribution is 8.14. The van der Waals surface area contributed by atoms with Gasteiger partial charge in [0.1, 0.15) is 6.04 Å². The molecule has 4 N–H and O–H groups in total. The van der Waals surface area contributed by atoms with Crippen LogP contribution in [0.2, 0.25) is 5.02 Å². The summed E-state index contributed by atoms with van der Waals surface area (Å²) in [6.07, 6.45) is -0.224. The van der Waals surface area contributed by atoms with Crippen LogP contribution in [0.25, 0.3) is 0 Å². The van der Waals surface area contributed by atoms with Crippen LogP contribution in [0.4, 0.5) is 16.2 Å². The van der Waals surface area contributed by atoms with Gasteiger partial charge >= 0.3 is 12.1 Å². The first-order valence-corrected chi connectivity index (χ1v) is 12.1. The Kier molecular flexibility index (Phi) is 8.84. The SMILES string of the molecule is CCOC(=O)C1=C(C)N(c2cccc(Cl)c2)C(SCCCOC(N)=O)=NC1c1ccc(N)cc1. The van der Waals surface area contributed by atoms with Crippen molar-refractivity contribution in [2.75, 3.05) is 29.6 Å². The molecule has 34 heavy (non-hydrogen) atoms. The van der Waals surface area contributed by atoms with Gasteiger partial charge in [-0.3, -0.25) is 4.90 Å². The van der Waals surface area contributed by atoms with Crippen molar-refractivity contribution in [2.45, 2.75) is 26.3 Å². The number of benzene rings is 2. The van der Waals surface area contributed by atoms with Crippen molar-refractivity contribution < 1.29 is 19.1 Å². The summed E-state index contributed by atoms with van der Waals surface area (Å²) in [5.41, 5.74) is 14.2. The molecule has 1 heterocycles. The van der Waals surface area contributed by atoms with Crippen LogP contribution in [0.15, 0.2) is 64.8 Å². The van der Waals surface area contributed by atoms with E-state index in [1.54, 1.807) is 25.1 Å². The second-order valence-corrected chi connectivity index (χ2v) is 8.88. The molecule has 0 spiro atoms. The molecule has 0 aliphatic carbocycles. The smallest absolute Gasteiger partial charge is 0.404 e. The maximum atomic E-state index is 13.1. The highest BCUT2D eigenvalue weighted by atomic mass is 35.5. The number of aliphatic imine (C=N–C) groups is 1. The molecule has 0 aromatic heterocycles. The fourth-order valence-electron chi connectivity index (χ4n) is 3.50. The molecule has 0 saturated heterocycles. The van der Waals surface area contributed by atoms with E-state index in [1.165, 1.54) is 11.8 Å². The van der Waals surface area contributed by atoms with Crippen molar-refractivity contribution in [3.63, 3.8) is 0 Å². The third-order valence-electron chi connectivity index (χ3n) is 5.01. The zero-order valence-electron chi connectivity index (χ0n) is 19.0. The van der Waals surface area contributed by atoms with E-state index < -0.39 is 18.1 Å². The number of amides is 1. The molecule has 1 unspecified atom stereocenters. The summed E-state index contributed by atoms with van der Waals surface area (Å²) < 4.78 is 10.2. The molecule has 2 aromatic rings. The second kappa shape index (κ2) is 11.8. The van der Waals surface area contributed by atoms with Crippen LogP contribution in [-0.4, -0.2) is 36.2 Å². The molecule has 0 bridgehead atoms. The Bertz CT molecular complexity index is 1100. The lowest BCUT2D eigenvalue weighted by molar-refractivity contribution is -0.138. The van der Waals surface area contributed by atoms with Gasteiger partial charge in [-0.2, -0.15) is 0 Å². The molecule has 1 aliphatic rings. The van der Waals surface area contributed by atoms with E-state index in [-0.39, 0.29) is 13.2 Å². The summed E-state index contributed by atoms with van der Waals surface area (Å²) in [5, 5.41) is 1.23. The van der Waals surface area contributed by atoms with Gasteiger partial charge in [-0.15, -0.1) is 0 Å². The van der Waals surface area contributed by atoms with Gasteiger partial charge in [-0.05, 0) is 56.2 Å². The fourth-order valence-corrected chi connectivity index (χ4v) is 4.68. The molecule has 180 valence electrons. The number of primary amides is 1. The van der Waals surface area contributed by atoms with E-state index in [4.69, 9.17) is 37.5 Å². The summed E-state index contributed by atoms with van der Waals surface area (Å²) in [7, 11) is 0. The summed E-state index contributed by atoms with van der Waals surface area (Å²) in [6.45, 7) is 4.08. The van der Waals surface area contributed by atoms with Crippen LogP contribution in [0.3, 0.4) is 0 Å². The molecule has 0 radical (unpaired) electrons. The second-order valence-electron chi connectivity index (χ2n) is 7.39. The highest BCUT2D eigenvalue weighted by Crippen LogP contribution is 2.39. The number of halogens is 1. The van der Waals surface area contributed by atoms with E-state index in [1.807, 2.05) is 42.2 Å². The monoisotopic (exact) mass is 502 g/mol. The number of ether oxygens (including phenoxy) is 2. The number of esters is 1. The summed E-state index contributed by atoms with van der Waals surface area (Å²) >= 11 is 7.75. The quantitative estimate of drug-likeness (QED) is 0.299. The van der Waals surface area contributed by atoms with Gasteiger partial charge < -0.3 is 20.9 Å². The lowest BCUT2D eigenvalue weighted by atomic mass is 9.95. The average molecular weight is 503 g/mol. The van der Waals surface area contributed by atoms with Gasteiger partial charge in [-0.25, -0.2) is 14.6 Å². The zero-order chi connectivity index (χ0) is 24.7. The molecule has 8 nitrogen and oxygen atoms in total. The van der Waals surface area contributed by atoms with Gasteiger partial charge in [0, 0.05) is 27.8 Å². The number of nitrogens with zero attached hydrogens (tertiary/aromatic N) is 2. The first-order valence-electron chi connectivity index (χ1n) is 10.7. The molecule has 1 atom stereocenters. The third-order valence-corrected chi connectivity index (χ3v) is 6.28. The van der Waals surface area contributed by atoms with Crippen LogP contribution in [0.1, 0.15) is 31.9 Å². The molecule has 1 aliphatic heterocycles. The number of rotatable bonds is 8. The average Bonchev–Trinajstić information content (AvgIpc) is 2.79. The lowest BCUT2D eigenvalue weighted by Crippen LogP contribution is -2.35. The van der Waals surface area contributed by atoms with Crippen LogP contribution in [0, 0.1) is 0 Å². The van der Waals surface area contributed by atoms with Crippen LogP contribution in [0.5, 0.6) is 0 Å². The van der Waals surface area contributed by atoms with Crippen molar-refractivity contribution in [2.24, 2.45) is 10.7 Å². The van der Waals surface area contributed by atoms with E-state index in [9.17, 15) is 9.59 Å². The summed E-state index contributed by atoms with van der Waals surface area (Å²) in [5.74, 6) is 0.177. The summed E-state index contributed by atoms with van der Waals surface area (Å²) in [4.78, 5) is 30.8. The largest absolute Gasteiger partial charge is 0.463 e. The standard InChI is InChI=1S/C24H27ClN4O4S/c1-3-32-22(30)20-15(2)29(19-7-4-6-17(25)14-19)24(34-13-5-12-33-23(27)31)28-21(20)16-8-10-18(26)11-9-16/h4,6-11,14,21H,3,5,12-13,26H2,1-2H3,(H2,27,31). The van der Waals surface area contributed by atoms with E-state index in [0.717, 1.165) is 11.3 Å². The molecular weight excluding hydrogens is 476 g/mol. The third kappa shape index (κ3) is 6.24. The number of carbonyl (C=O) groups is 2. The Morgan fingerprint density at radius 3 is 2.56 bits per heavy atom. The van der Waals surface area contributed by atoms with Crippen LogP contribution >= 0.6 is 23.4 Å². The molecule has 3 rings (SSSR count). The first kappa shape index (κ1) is 25.5. The van der Waals surface area contributed by atoms with Crippen molar-refractivity contribution in [3.05, 3.63) is 70.4 Å². The van der Waals surface area contributed by atoms with E-state index in [2.05, 4.69) is 0 Å². The Morgan fingerprint density at radius 2 is 1.91 bits per heavy atom. The minimum absolute atomic E-state index is 0.205.